The van der Waals surface area contributed by atoms with E-state index in [4.69, 9.17) is 4.74 Å². The van der Waals surface area contributed by atoms with Crippen LogP contribution in [-0.2, 0) is 10.3 Å². The number of ether oxygens (including phenoxy) is 1. The van der Waals surface area contributed by atoms with Gasteiger partial charge in [0.2, 0.25) is 0 Å². The summed E-state index contributed by atoms with van der Waals surface area (Å²) in [6.07, 6.45) is -0.114. The first-order valence-corrected chi connectivity index (χ1v) is 10.4. The molecule has 1 fully saturated rings. The number of halogens is 3. The number of aliphatic hydroxyl groups is 1. The van der Waals surface area contributed by atoms with E-state index in [1.807, 2.05) is 0 Å². The molecule has 0 unspecified atom stereocenters. The van der Waals surface area contributed by atoms with Crippen LogP contribution < -0.4 is 0 Å². The lowest BCUT2D eigenvalue weighted by Gasteiger charge is -2.39. The molecular formula is C22H24F3NO3S. The monoisotopic (exact) mass is 439 g/mol. The largest absolute Gasteiger partial charge is 0.444 e. The minimum absolute atomic E-state index is 0.166. The molecule has 2 aromatic rings. The van der Waals surface area contributed by atoms with E-state index in [0.717, 1.165) is 23.9 Å². The molecule has 0 bridgehead atoms. The highest BCUT2D eigenvalue weighted by Gasteiger charge is 2.38. The van der Waals surface area contributed by atoms with Crippen molar-refractivity contribution in [2.24, 2.45) is 0 Å². The number of hydrogen-bond acceptors (Lipinski definition) is 4. The first kappa shape index (κ1) is 22.5. The van der Waals surface area contributed by atoms with E-state index in [9.17, 15) is 23.1 Å². The molecule has 1 amide bonds. The molecule has 162 valence electrons. The summed E-state index contributed by atoms with van der Waals surface area (Å²) in [7, 11) is 0. The van der Waals surface area contributed by atoms with Gasteiger partial charge in [0.05, 0.1) is 5.60 Å². The minimum Gasteiger partial charge on any atom is -0.444 e. The molecule has 1 aliphatic heterocycles. The van der Waals surface area contributed by atoms with Crippen LogP contribution in [-0.4, -0.2) is 34.8 Å². The number of carbonyl (C=O) groups is 1. The first-order chi connectivity index (χ1) is 14.0. The molecule has 0 spiro atoms. The van der Waals surface area contributed by atoms with Gasteiger partial charge in [-0.1, -0.05) is 11.8 Å². The number of hydrogen-bond donors (Lipinski definition) is 1. The highest BCUT2D eigenvalue weighted by atomic mass is 32.2. The first-order valence-electron chi connectivity index (χ1n) is 9.60. The Morgan fingerprint density at radius 2 is 1.60 bits per heavy atom. The second-order valence-electron chi connectivity index (χ2n) is 8.32. The number of benzene rings is 2. The number of likely N-dealkylation sites (tertiary alicyclic amines) is 1. The number of piperidine rings is 1. The lowest BCUT2D eigenvalue weighted by Crippen LogP contribution is -2.47. The van der Waals surface area contributed by atoms with E-state index >= 15 is 0 Å². The summed E-state index contributed by atoms with van der Waals surface area (Å²) in [4.78, 5) is 14.4. The highest BCUT2D eigenvalue weighted by Crippen LogP contribution is 2.42. The van der Waals surface area contributed by atoms with Crippen LogP contribution in [0.3, 0.4) is 0 Å². The van der Waals surface area contributed by atoms with Crippen LogP contribution in [0.25, 0.3) is 0 Å². The van der Waals surface area contributed by atoms with Gasteiger partial charge in [-0.2, -0.15) is 0 Å². The molecule has 1 heterocycles. The number of carbonyl (C=O) groups excluding carboxylic acids is 1. The van der Waals surface area contributed by atoms with E-state index < -0.39 is 34.7 Å². The molecule has 0 atom stereocenters. The summed E-state index contributed by atoms with van der Waals surface area (Å²) in [6.45, 7) is 5.79. The molecule has 0 radical (unpaired) electrons. The lowest BCUT2D eigenvalue weighted by atomic mass is 9.84. The standard InChI is InChI=1S/C22H24F3NO3S/c1-21(2,3)29-20(27)26-10-8-22(28,9-11-26)16-12-14(23)4-6-18(16)30-19-7-5-15(24)13-17(19)25/h4-7,12-13,28H,8-11H2,1-3H3. The predicted octanol–water partition coefficient (Wildman–Crippen LogP) is 5.47. The molecule has 0 aliphatic carbocycles. The number of rotatable bonds is 3. The Kier molecular flexibility index (Phi) is 6.38. The van der Waals surface area contributed by atoms with Gasteiger partial charge in [0, 0.05) is 34.5 Å². The lowest BCUT2D eigenvalue weighted by molar-refractivity contribution is -0.0373. The molecule has 30 heavy (non-hydrogen) atoms. The molecule has 1 saturated heterocycles. The minimum atomic E-state index is -1.39. The summed E-state index contributed by atoms with van der Waals surface area (Å²) in [6, 6.07) is 7.15. The third-order valence-corrected chi connectivity index (χ3v) is 5.93. The molecule has 1 aliphatic rings. The number of amides is 1. The molecule has 0 aromatic heterocycles. The second kappa shape index (κ2) is 8.51. The van der Waals surface area contributed by atoms with Crippen LogP contribution in [0.15, 0.2) is 46.2 Å². The Balaban J connectivity index is 1.82. The maximum Gasteiger partial charge on any atom is 0.410 e. The van der Waals surface area contributed by atoms with Gasteiger partial charge < -0.3 is 14.7 Å². The molecule has 0 saturated carbocycles. The van der Waals surface area contributed by atoms with Gasteiger partial charge in [-0.05, 0) is 63.9 Å². The van der Waals surface area contributed by atoms with Gasteiger partial charge in [0.15, 0.2) is 0 Å². The van der Waals surface area contributed by atoms with Crippen LogP contribution in [0.2, 0.25) is 0 Å². The topological polar surface area (TPSA) is 49.8 Å². The van der Waals surface area contributed by atoms with E-state index in [1.165, 1.54) is 29.2 Å². The average molecular weight is 439 g/mol. The van der Waals surface area contributed by atoms with Crippen LogP contribution >= 0.6 is 11.8 Å². The fourth-order valence-corrected chi connectivity index (χ4v) is 4.31. The maximum atomic E-state index is 14.1. The fraction of sp³-hybridized carbons (Fsp3) is 0.409. The Morgan fingerprint density at radius 1 is 1.03 bits per heavy atom. The summed E-state index contributed by atoms with van der Waals surface area (Å²) in [5, 5.41) is 11.3. The third kappa shape index (κ3) is 5.29. The fourth-order valence-electron chi connectivity index (χ4n) is 3.29. The van der Waals surface area contributed by atoms with Crippen LogP contribution in [0, 0.1) is 17.5 Å². The van der Waals surface area contributed by atoms with Crippen molar-refractivity contribution in [2.45, 2.75) is 54.6 Å². The SMILES string of the molecule is CC(C)(C)OC(=O)N1CCC(O)(c2cc(F)ccc2Sc2ccc(F)cc2F)CC1. The van der Waals surface area contributed by atoms with Crippen molar-refractivity contribution in [2.75, 3.05) is 13.1 Å². The Labute approximate surface area is 178 Å². The van der Waals surface area contributed by atoms with E-state index in [0.29, 0.717) is 10.5 Å². The summed E-state index contributed by atoms with van der Waals surface area (Å²) >= 11 is 0.992. The van der Waals surface area contributed by atoms with Gasteiger partial charge in [-0.15, -0.1) is 0 Å². The van der Waals surface area contributed by atoms with E-state index in [1.54, 1.807) is 20.8 Å². The van der Waals surface area contributed by atoms with Crippen LogP contribution in [0.1, 0.15) is 39.2 Å². The van der Waals surface area contributed by atoms with Gasteiger partial charge in [0.1, 0.15) is 23.1 Å². The molecule has 1 N–H and O–H groups in total. The van der Waals surface area contributed by atoms with Crippen molar-refractivity contribution in [1.29, 1.82) is 0 Å². The van der Waals surface area contributed by atoms with Crippen molar-refractivity contribution in [1.82, 2.24) is 4.90 Å². The molecule has 2 aromatic carbocycles. The highest BCUT2D eigenvalue weighted by molar-refractivity contribution is 7.99. The average Bonchev–Trinajstić information content (AvgIpc) is 2.64. The molecule has 8 heteroatoms. The zero-order chi connectivity index (χ0) is 22.1. The quantitative estimate of drug-likeness (QED) is 0.689. The van der Waals surface area contributed by atoms with Crippen molar-refractivity contribution >= 4 is 17.9 Å². The van der Waals surface area contributed by atoms with Gasteiger partial charge >= 0.3 is 6.09 Å². The Bertz CT molecular complexity index is 938. The van der Waals surface area contributed by atoms with E-state index in [2.05, 4.69) is 0 Å². The predicted molar refractivity (Wildman–Crippen MR) is 108 cm³/mol. The zero-order valence-corrected chi connectivity index (χ0v) is 17.9. The summed E-state index contributed by atoms with van der Waals surface area (Å²) < 4.78 is 46.7. The van der Waals surface area contributed by atoms with Crippen molar-refractivity contribution in [3.8, 4) is 0 Å². The zero-order valence-electron chi connectivity index (χ0n) is 17.0. The van der Waals surface area contributed by atoms with Gasteiger partial charge in [-0.25, -0.2) is 18.0 Å². The third-order valence-electron chi connectivity index (χ3n) is 4.80. The molecule has 4 nitrogen and oxygen atoms in total. The van der Waals surface area contributed by atoms with Gasteiger partial charge in [-0.3, -0.25) is 0 Å². The number of nitrogens with zero attached hydrogens (tertiary/aromatic N) is 1. The molecule has 3 rings (SSSR count). The second-order valence-corrected chi connectivity index (χ2v) is 9.40. The van der Waals surface area contributed by atoms with Gasteiger partial charge in [0.25, 0.3) is 0 Å². The van der Waals surface area contributed by atoms with Crippen LogP contribution in [0.5, 0.6) is 0 Å². The van der Waals surface area contributed by atoms with Crippen molar-refractivity contribution < 1.29 is 27.8 Å². The Hall–Kier alpha value is -2.19. The normalized spacial score (nSPS) is 16.4. The Morgan fingerprint density at radius 3 is 2.17 bits per heavy atom. The smallest absolute Gasteiger partial charge is 0.410 e. The van der Waals surface area contributed by atoms with Crippen molar-refractivity contribution in [3.05, 3.63) is 59.4 Å². The summed E-state index contributed by atoms with van der Waals surface area (Å²) in [5.74, 6) is -1.96. The van der Waals surface area contributed by atoms with E-state index in [-0.39, 0.29) is 30.8 Å². The van der Waals surface area contributed by atoms with Crippen LogP contribution in [0.4, 0.5) is 18.0 Å². The molecular weight excluding hydrogens is 415 g/mol. The van der Waals surface area contributed by atoms with Crippen molar-refractivity contribution in [3.63, 3.8) is 0 Å². The summed E-state index contributed by atoms with van der Waals surface area (Å²) in [5.41, 5.74) is -1.70. The maximum absolute atomic E-state index is 14.1.